The monoisotopic (exact) mass is 415 g/mol. The van der Waals surface area contributed by atoms with Gasteiger partial charge in [0.25, 0.3) is 0 Å². The molecule has 0 heterocycles. The fourth-order valence-electron chi connectivity index (χ4n) is 5.16. The first kappa shape index (κ1) is 28.1. The Labute approximate surface area is 179 Å². The predicted molar refractivity (Wildman–Crippen MR) is 129 cm³/mol. The molecule has 0 aliphatic heterocycles. The largest absolute Gasteiger partial charge is 0.417 e. The van der Waals surface area contributed by atoms with Gasteiger partial charge in [-0.3, -0.25) is 0 Å². The second-order valence-electron chi connectivity index (χ2n) is 9.21. The summed E-state index contributed by atoms with van der Waals surface area (Å²) in [5.74, 6) is 0. The summed E-state index contributed by atoms with van der Waals surface area (Å²) in [6, 6.07) is 3.73. The molecule has 0 fully saturated rings. The lowest BCUT2D eigenvalue weighted by atomic mass is 9.87. The van der Waals surface area contributed by atoms with Gasteiger partial charge in [0, 0.05) is 31.7 Å². The molecule has 0 atom stereocenters. The maximum Gasteiger partial charge on any atom is 0.192 e. The Bertz CT molecular complexity index is 341. The fraction of sp³-hybridized carbons (Fsp3) is 1.00. The Morgan fingerprint density at radius 1 is 0.643 bits per heavy atom. The van der Waals surface area contributed by atoms with Crippen LogP contribution in [0.5, 0.6) is 0 Å². The van der Waals surface area contributed by atoms with E-state index >= 15 is 0 Å². The number of nitrogens with zero attached hydrogens (tertiary/aromatic N) is 3. The van der Waals surface area contributed by atoms with E-state index in [2.05, 4.69) is 77.4 Å². The first-order valence-electron chi connectivity index (χ1n) is 11.9. The van der Waals surface area contributed by atoms with Gasteiger partial charge >= 0.3 is 0 Å². The lowest BCUT2D eigenvalue weighted by Gasteiger charge is -2.47. The van der Waals surface area contributed by atoms with Crippen molar-refractivity contribution in [3.63, 3.8) is 0 Å². The second-order valence-corrected chi connectivity index (χ2v) is 13.6. The molecule has 0 radical (unpaired) electrons. The summed E-state index contributed by atoms with van der Waals surface area (Å²) in [4.78, 5) is 7.74. The van der Waals surface area contributed by atoms with Gasteiger partial charge in [0.2, 0.25) is 0 Å². The molecule has 0 saturated heterocycles. The molecule has 0 aliphatic rings. The molecule has 0 unspecified atom stereocenters. The highest BCUT2D eigenvalue weighted by molar-refractivity contribution is 6.73. The summed E-state index contributed by atoms with van der Waals surface area (Å²) in [6.45, 7) is 21.7. The number of hydrogen-bond acceptors (Lipinski definition) is 4. The van der Waals surface area contributed by atoms with E-state index < -0.39 is 8.32 Å². The van der Waals surface area contributed by atoms with Gasteiger partial charge in [-0.1, -0.05) is 34.6 Å². The molecule has 0 N–H and O–H groups in total. The van der Waals surface area contributed by atoms with Crippen LogP contribution in [0, 0.1) is 5.41 Å². The number of hydrogen-bond donors (Lipinski definition) is 0. The highest BCUT2D eigenvalue weighted by Crippen LogP contribution is 2.37. The zero-order chi connectivity index (χ0) is 21.6. The van der Waals surface area contributed by atoms with Crippen LogP contribution in [0.15, 0.2) is 0 Å². The van der Waals surface area contributed by atoms with Crippen molar-refractivity contribution >= 4 is 8.32 Å². The Kier molecular flexibility index (Phi) is 15.0. The Hall–Kier alpha value is 0.0569. The van der Waals surface area contributed by atoms with E-state index in [1.165, 1.54) is 76.7 Å². The van der Waals surface area contributed by atoms with E-state index in [-0.39, 0.29) is 5.41 Å². The molecule has 0 aromatic carbocycles. The Balaban J connectivity index is 5.93. The van der Waals surface area contributed by atoms with Crippen molar-refractivity contribution in [1.82, 2.24) is 14.7 Å². The predicted octanol–water partition coefficient (Wildman–Crippen LogP) is 5.02. The van der Waals surface area contributed by atoms with Crippen molar-refractivity contribution in [2.75, 3.05) is 67.0 Å². The van der Waals surface area contributed by atoms with Crippen LogP contribution in [-0.4, -0.2) is 90.0 Å². The summed E-state index contributed by atoms with van der Waals surface area (Å²) in [5.41, 5.74) is 0.269. The van der Waals surface area contributed by atoms with Gasteiger partial charge in [-0.2, -0.15) is 0 Å². The molecule has 0 rings (SSSR count). The van der Waals surface area contributed by atoms with Crippen LogP contribution in [0.25, 0.3) is 0 Å². The van der Waals surface area contributed by atoms with Crippen molar-refractivity contribution in [1.29, 1.82) is 0 Å². The first-order chi connectivity index (χ1) is 13.3. The topological polar surface area (TPSA) is 19.0 Å². The van der Waals surface area contributed by atoms with Crippen molar-refractivity contribution in [2.45, 2.75) is 78.9 Å². The van der Waals surface area contributed by atoms with Gasteiger partial charge in [0.15, 0.2) is 8.32 Å². The number of rotatable bonds is 18. The zero-order valence-corrected chi connectivity index (χ0v) is 21.9. The second kappa shape index (κ2) is 14.9. The van der Waals surface area contributed by atoms with E-state index in [4.69, 9.17) is 4.43 Å². The molecule has 170 valence electrons. The molecule has 0 aromatic rings. The van der Waals surface area contributed by atoms with E-state index in [1.54, 1.807) is 0 Å². The summed E-state index contributed by atoms with van der Waals surface area (Å²) < 4.78 is 6.59. The molecule has 0 aliphatic carbocycles. The lowest BCUT2D eigenvalue weighted by molar-refractivity contribution is 0.0881. The minimum atomic E-state index is -1.73. The van der Waals surface area contributed by atoms with Gasteiger partial charge < -0.3 is 19.1 Å². The minimum Gasteiger partial charge on any atom is -0.417 e. The van der Waals surface area contributed by atoms with Crippen LogP contribution in [0.2, 0.25) is 18.1 Å². The quantitative estimate of drug-likeness (QED) is 0.293. The highest BCUT2D eigenvalue weighted by atomic mass is 28.4. The third-order valence-electron chi connectivity index (χ3n) is 6.07. The Morgan fingerprint density at radius 2 is 1.00 bits per heavy atom. The van der Waals surface area contributed by atoms with Crippen LogP contribution in [-0.2, 0) is 4.43 Å². The summed E-state index contributed by atoms with van der Waals surface area (Å²) in [6.07, 6.45) is 3.66. The average Bonchev–Trinajstić information content (AvgIpc) is 2.61. The Morgan fingerprint density at radius 3 is 1.25 bits per heavy atom. The van der Waals surface area contributed by atoms with Crippen LogP contribution >= 0.6 is 0 Å². The maximum atomic E-state index is 6.59. The highest BCUT2D eigenvalue weighted by Gasteiger charge is 2.44. The van der Waals surface area contributed by atoms with Crippen LogP contribution in [0.1, 0.15) is 60.8 Å². The van der Waals surface area contributed by atoms with E-state index in [0.29, 0.717) is 0 Å². The average molecular weight is 416 g/mol. The third kappa shape index (κ3) is 10.2. The molecule has 0 aromatic heterocycles. The lowest BCUT2D eigenvalue weighted by Crippen LogP contribution is -2.55. The molecule has 0 saturated carbocycles. The molecule has 0 bridgehead atoms. The standard InChI is InChI=1S/C23H53N3OSi/c1-10-16-24(7)19-23(20-25(8)17-11-2,21-26(9)18-12-3)22-28(14-5,15-6)27-13-4/h10-22H2,1-9H3. The molecule has 5 heteroatoms. The van der Waals surface area contributed by atoms with Gasteiger partial charge in [0.1, 0.15) is 0 Å². The van der Waals surface area contributed by atoms with Crippen molar-refractivity contribution in [3.05, 3.63) is 0 Å². The molecule has 0 amide bonds. The molecule has 28 heavy (non-hydrogen) atoms. The van der Waals surface area contributed by atoms with Crippen LogP contribution in [0.4, 0.5) is 0 Å². The molecule has 4 nitrogen and oxygen atoms in total. The van der Waals surface area contributed by atoms with Crippen molar-refractivity contribution in [2.24, 2.45) is 5.41 Å². The molecular formula is C23H53N3OSi. The van der Waals surface area contributed by atoms with Gasteiger partial charge in [-0.15, -0.1) is 0 Å². The zero-order valence-electron chi connectivity index (χ0n) is 20.9. The van der Waals surface area contributed by atoms with Gasteiger partial charge in [-0.25, -0.2) is 0 Å². The molecular weight excluding hydrogens is 362 g/mol. The normalized spacial score (nSPS) is 13.3. The maximum absolute atomic E-state index is 6.59. The smallest absolute Gasteiger partial charge is 0.192 e. The summed E-state index contributed by atoms with van der Waals surface area (Å²) in [5, 5.41) is 0. The fourth-order valence-corrected chi connectivity index (χ4v) is 8.99. The summed E-state index contributed by atoms with van der Waals surface area (Å²) >= 11 is 0. The SMILES string of the molecule is CCCN(C)CC(CN(C)CCC)(CN(C)CCC)C[Si](CC)(CC)OCC. The van der Waals surface area contributed by atoms with Crippen LogP contribution < -0.4 is 0 Å². The third-order valence-corrected chi connectivity index (χ3v) is 10.9. The van der Waals surface area contributed by atoms with E-state index in [9.17, 15) is 0 Å². The minimum absolute atomic E-state index is 0.269. The van der Waals surface area contributed by atoms with E-state index in [1.807, 2.05) is 0 Å². The van der Waals surface area contributed by atoms with Crippen molar-refractivity contribution < 1.29 is 4.43 Å². The summed E-state index contributed by atoms with van der Waals surface area (Å²) in [7, 11) is 5.23. The van der Waals surface area contributed by atoms with Gasteiger partial charge in [-0.05, 0) is 85.1 Å². The van der Waals surface area contributed by atoms with Crippen LogP contribution in [0.3, 0.4) is 0 Å². The molecule has 0 spiro atoms. The van der Waals surface area contributed by atoms with Gasteiger partial charge in [0.05, 0.1) is 0 Å². The van der Waals surface area contributed by atoms with E-state index in [0.717, 1.165) is 6.61 Å². The van der Waals surface area contributed by atoms with Crippen molar-refractivity contribution in [3.8, 4) is 0 Å². The first-order valence-corrected chi connectivity index (χ1v) is 14.5.